The maximum absolute atomic E-state index is 11.9. The van der Waals surface area contributed by atoms with Crippen LogP contribution in [0.4, 0.5) is 18.9 Å². The van der Waals surface area contributed by atoms with Gasteiger partial charge in [-0.1, -0.05) is 0 Å². The summed E-state index contributed by atoms with van der Waals surface area (Å²) in [5.41, 5.74) is 5.87. The number of benzene rings is 1. The molecular weight excluding hydrogens is 249 g/mol. The Kier molecular flexibility index (Phi) is 4.41. The Hall–Kier alpha value is -1.92. The van der Waals surface area contributed by atoms with Gasteiger partial charge in [-0.3, -0.25) is 4.79 Å². The Balaban J connectivity index is 2.62. The maximum atomic E-state index is 11.9. The van der Waals surface area contributed by atoms with Gasteiger partial charge in [0, 0.05) is 18.3 Å². The Morgan fingerprint density at radius 2 is 2.11 bits per heavy atom. The van der Waals surface area contributed by atoms with Crippen LogP contribution in [0, 0.1) is 0 Å². The second-order valence-electron chi connectivity index (χ2n) is 3.57. The summed E-state index contributed by atoms with van der Waals surface area (Å²) in [6.07, 6.45) is -5.37. The van der Waals surface area contributed by atoms with Gasteiger partial charge in [0.15, 0.2) is 0 Å². The molecule has 0 saturated heterocycles. The smallest absolute Gasteiger partial charge is 0.390 e. The van der Waals surface area contributed by atoms with Crippen LogP contribution >= 0.6 is 0 Å². The van der Waals surface area contributed by atoms with Gasteiger partial charge in [-0.15, -0.1) is 0 Å². The SMILES string of the molecule is COc1ccc(C(=O)NCCC(F)(F)F)c(N)c1. The third kappa shape index (κ3) is 4.15. The zero-order chi connectivity index (χ0) is 13.8. The highest BCUT2D eigenvalue weighted by Crippen LogP contribution is 2.20. The van der Waals surface area contributed by atoms with Crippen LogP contribution in [0.1, 0.15) is 16.8 Å². The van der Waals surface area contributed by atoms with Crippen LogP contribution in [0.3, 0.4) is 0 Å². The number of carbonyl (C=O) groups is 1. The molecule has 0 fully saturated rings. The molecule has 3 N–H and O–H groups in total. The lowest BCUT2D eigenvalue weighted by Crippen LogP contribution is -2.28. The standard InChI is InChI=1S/C11H13F3N2O2/c1-18-7-2-3-8(9(15)6-7)10(17)16-5-4-11(12,13)14/h2-3,6H,4-5,15H2,1H3,(H,16,17). The van der Waals surface area contributed by atoms with E-state index in [1.54, 1.807) is 0 Å². The predicted octanol–water partition coefficient (Wildman–Crippen LogP) is 1.96. The number of anilines is 1. The molecule has 0 saturated carbocycles. The average molecular weight is 262 g/mol. The monoisotopic (exact) mass is 262 g/mol. The van der Waals surface area contributed by atoms with Crippen molar-refractivity contribution in [2.24, 2.45) is 0 Å². The van der Waals surface area contributed by atoms with Gasteiger partial charge < -0.3 is 15.8 Å². The van der Waals surface area contributed by atoms with Crippen molar-refractivity contribution in [3.8, 4) is 5.75 Å². The molecule has 100 valence electrons. The molecule has 0 aliphatic rings. The Morgan fingerprint density at radius 3 is 2.61 bits per heavy atom. The molecule has 0 bridgehead atoms. The summed E-state index contributed by atoms with van der Waals surface area (Å²) in [6.45, 7) is -0.478. The van der Waals surface area contributed by atoms with E-state index in [9.17, 15) is 18.0 Å². The van der Waals surface area contributed by atoms with E-state index < -0.39 is 25.0 Å². The van der Waals surface area contributed by atoms with E-state index in [0.29, 0.717) is 5.75 Å². The van der Waals surface area contributed by atoms with Crippen molar-refractivity contribution in [2.45, 2.75) is 12.6 Å². The summed E-state index contributed by atoms with van der Waals surface area (Å²) < 4.78 is 40.6. The van der Waals surface area contributed by atoms with E-state index in [0.717, 1.165) is 0 Å². The molecule has 0 spiro atoms. The third-order valence-electron chi connectivity index (χ3n) is 2.20. The fourth-order valence-corrected chi connectivity index (χ4v) is 1.29. The van der Waals surface area contributed by atoms with E-state index in [1.165, 1.54) is 25.3 Å². The number of nitrogens with two attached hydrogens (primary N) is 1. The largest absolute Gasteiger partial charge is 0.497 e. The van der Waals surface area contributed by atoms with Crippen LogP contribution in [0.25, 0.3) is 0 Å². The summed E-state index contributed by atoms with van der Waals surface area (Å²) in [6, 6.07) is 4.34. The quantitative estimate of drug-likeness (QED) is 0.815. The van der Waals surface area contributed by atoms with Crippen LogP contribution in [-0.4, -0.2) is 25.7 Å². The van der Waals surface area contributed by atoms with Crippen molar-refractivity contribution < 1.29 is 22.7 Å². The second kappa shape index (κ2) is 5.61. The Morgan fingerprint density at radius 1 is 1.44 bits per heavy atom. The summed E-state index contributed by atoms with van der Waals surface area (Å²) in [7, 11) is 1.44. The van der Waals surface area contributed by atoms with E-state index in [2.05, 4.69) is 5.32 Å². The molecular formula is C11H13F3N2O2. The number of amides is 1. The molecule has 1 aromatic carbocycles. The number of nitrogens with one attached hydrogen (secondary N) is 1. The van der Waals surface area contributed by atoms with Crippen molar-refractivity contribution in [3.05, 3.63) is 23.8 Å². The highest BCUT2D eigenvalue weighted by Gasteiger charge is 2.26. The van der Waals surface area contributed by atoms with Crippen LogP contribution in [0.2, 0.25) is 0 Å². The first-order valence-corrected chi connectivity index (χ1v) is 5.12. The average Bonchev–Trinajstić information content (AvgIpc) is 2.26. The predicted molar refractivity (Wildman–Crippen MR) is 60.4 cm³/mol. The summed E-state index contributed by atoms with van der Waals surface area (Å²) >= 11 is 0. The summed E-state index contributed by atoms with van der Waals surface area (Å²) in [4.78, 5) is 11.6. The molecule has 0 aromatic heterocycles. The lowest BCUT2D eigenvalue weighted by molar-refractivity contribution is -0.132. The lowest BCUT2D eigenvalue weighted by Gasteiger charge is -2.10. The molecule has 1 amide bonds. The first-order chi connectivity index (χ1) is 8.33. The molecule has 7 heteroatoms. The van der Waals surface area contributed by atoms with Gasteiger partial charge in [-0.2, -0.15) is 13.2 Å². The topological polar surface area (TPSA) is 64.3 Å². The molecule has 0 unspecified atom stereocenters. The van der Waals surface area contributed by atoms with Gasteiger partial charge in [0.1, 0.15) is 5.75 Å². The fourth-order valence-electron chi connectivity index (χ4n) is 1.29. The molecule has 0 heterocycles. The number of hydrogen-bond donors (Lipinski definition) is 2. The number of halogens is 3. The minimum Gasteiger partial charge on any atom is -0.497 e. The zero-order valence-electron chi connectivity index (χ0n) is 9.67. The van der Waals surface area contributed by atoms with Crippen LogP contribution < -0.4 is 15.8 Å². The number of carbonyl (C=O) groups excluding carboxylic acids is 1. The molecule has 0 aliphatic heterocycles. The molecule has 1 rings (SSSR count). The van der Waals surface area contributed by atoms with Gasteiger partial charge in [0.2, 0.25) is 0 Å². The molecule has 0 radical (unpaired) electrons. The van der Waals surface area contributed by atoms with Gasteiger partial charge in [-0.05, 0) is 12.1 Å². The van der Waals surface area contributed by atoms with E-state index in [1.807, 2.05) is 0 Å². The van der Waals surface area contributed by atoms with Crippen molar-refractivity contribution >= 4 is 11.6 Å². The van der Waals surface area contributed by atoms with Crippen molar-refractivity contribution in [1.29, 1.82) is 0 Å². The molecule has 0 atom stereocenters. The molecule has 4 nitrogen and oxygen atoms in total. The minimum atomic E-state index is -4.29. The first kappa shape index (κ1) is 14.1. The number of methoxy groups -OCH3 is 1. The van der Waals surface area contributed by atoms with Gasteiger partial charge in [-0.25, -0.2) is 0 Å². The maximum Gasteiger partial charge on any atom is 0.390 e. The molecule has 18 heavy (non-hydrogen) atoms. The highest BCUT2D eigenvalue weighted by atomic mass is 19.4. The zero-order valence-corrected chi connectivity index (χ0v) is 9.67. The summed E-state index contributed by atoms with van der Waals surface area (Å²) in [5.74, 6) is -0.168. The fraction of sp³-hybridized carbons (Fsp3) is 0.364. The second-order valence-corrected chi connectivity index (χ2v) is 3.57. The van der Waals surface area contributed by atoms with Crippen molar-refractivity contribution in [1.82, 2.24) is 5.32 Å². The number of hydrogen-bond acceptors (Lipinski definition) is 3. The first-order valence-electron chi connectivity index (χ1n) is 5.12. The number of alkyl halides is 3. The van der Waals surface area contributed by atoms with Crippen molar-refractivity contribution in [3.63, 3.8) is 0 Å². The van der Waals surface area contributed by atoms with Gasteiger partial charge in [0.25, 0.3) is 5.91 Å². The van der Waals surface area contributed by atoms with E-state index in [-0.39, 0.29) is 11.3 Å². The number of ether oxygens (including phenoxy) is 1. The third-order valence-corrected chi connectivity index (χ3v) is 2.20. The van der Waals surface area contributed by atoms with E-state index >= 15 is 0 Å². The van der Waals surface area contributed by atoms with Crippen LogP contribution in [0.5, 0.6) is 5.75 Å². The van der Waals surface area contributed by atoms with Gasteiger partial charge >= 0.3 is 6.18 Å². The Labute approximate surface area is 102 Å². The summed E-state index contributed by atoms with van der Waals surface area (Å²) in [5, 5.41) is 2.15. The molecule has 1 aromatic rings. The minimum absolute atomic E-state index is 0.123. The van der Waals surface area contributed by atoms with Crippen LogP contribution in [0.15, 0.2) is 18.2 Å². The van der Waals surface area contributed by atoms with Crippen molar-refractivity contribution in [2.75, 3.05) is 19.4 Å². The highest BCUT2D eigenvalue weighted by molar-refractivity contribution is 5.99. The lowest BCUT2D eigenvalue weighted by atomic mass is 10.1. The number of nitrogen functional groups attached to an aromatic ring is 1. The molecule has 0 aliphatic carbocycles. The van der Waals surface area contributed by atoms with Crippen LogP contribution in [-0.2, 0) is 0 Å². The van der Waals surface area contributed by atoms with E-state index in [4.69, 9.17) is 10.5 Å². The Bertz CT molecular complexity index is 433. The number of rotatable bonds is 4. The normalized spacial score (nSPS) is 11.1. The van der Waals surface area contributed by atoms with Gasteiger partial charge in [0.05, 0.1) is 19.1 Å².